The number of amides is 2. The van der Waals surface area contributed by atoms with E-state index in [4.69, 9.17) is 0 Å². The zero-order valence-corrected chi connectivity index (χ0v) is 19.1. The third kappa shape index (κ3) is 5.40. The lowest BCUT2D eigenvalue weighted by molar-refractivity contribution is -0.124. The highest BCUT2D eigenvalue weighted by Crippen LogP contribution is 2.26. The van der Waals surface area contributed by atoms with Gasteiger partial charge in [0, 0.05) is 30.2 Å². The highest BCUT2D eigenvalue weighted by molar-refractivity contribution is 7.98. The van der Waals surface area contributed by atoms with Crippen LogP contribution in [0.2, 0.25) is 0 Å². The molecule has 1 aliphatic rings. The van der Waals surface area contributed by atoms with Crippen LogP contribution in [0.5, 0.6) is 0 Å². The quantitative estimate of drug-likeness (QED) is 0.524. The van der Waals surface area contributed by atoms with Crippen molar-refractivity contribution in [3.63, 3.8) is 0 Å². The number of nitrogens with zero attached hydrogens (tertiary/aromatic N) is 1. The van der Waals surface area contributed by atoms with Gasteiger partial charge in [0.15, 0.2) is 0 Å². The number of aryl methyl sites for hydroxylation is 1. The van der Waals surface area contributed by atoms with Gasteiger partial charge >= 0.3 is 0 Å². The Balaban J connectivity index is 1.41. The maximum Gasteiger partial charge on any atom is 0.255 e. The molecular weight excluding hydrogens is 416 g/mol. The average Bonchev–Trinajstić information content (AvgIpc) is 3.14. The van der Waals surface area contributed by atoms with Crippen LogP contribution in [-0.4, -0.2) is 35.1 Å². The van der Waals surface area contributed by atoms with Crippen molar-refractivity contribution in [2.24, 2.45) is 0 Å². The fourth-order valence-corrected chi connectivity index (χ4v) is 5.11. The van der Waals surface area contributed by atoms with Gasteiger partial charge in [-0.3, -0.25) is 9.59 Å². The molecule has 2 amide bonds. The summed E-state index contributed by atoms with van der Waals surface area (Å²) in [5.41, 5.74) is 5.32. The van der Waals surface area contributed by atoms with Crippen LogP contribution in [-0.2, 0) is 23.5 Å². The second-order valence-electron chi connectivity index (χ2n) is 8.14. The molecule has 4 nitrogen and oxygen atoms in total. The fraction of sp³-hybridized carbons (Fsp3) is 0.259. The van der Waals surface area contributed by atoms with Gasteiger partial charge in [0.2, 0.25) is 5.91 Å². The standard InChI is InChI=1S/C27H28N2O2S/c1-20-8-7-11-21(16-20)14-15-28-26(30)25(19-32-18-22-9-3-2-4-10-22)29-17-23-12-5-6-13-24(23)27(29)31/h2-13,16,25H,14-15,17-19H2,1H3,(H,28,30). The van der Waals surface area contributed by atoms with Crippen LogP contribution in [0.4, 0.5) is 0 Å². The van der Waals surface area contributed by atoms with E-state index in [1.54, 1.807) is 16.7 Å². The molecule has 0 saturated carbocycles. The summed E-state index contributed by atoms with van der Waals surface area (Å²) < 4.78 is 0. The van der Waals surface area contributed by atoms with E-state index in [0.29, 0.717) is 24.4 Å². The summed E-state index contributed by atoms with van der Waals surface area (Å²) >= 11 is 1.69. The lowest BCUT2D eigenvalue weighted by Gasteiger charge is -2.27. The van der Waals surface area contributed by atoms with Gasteiger partial charge in [0.1, 0.15) is 6.04 Å². The first-order valence-electron chi connectivity index (χ1n) is 11.0. The molecule has 32 heavy (non-hydrogen) atoms. The molecule has 0 saturated heterocycles. The first-order valence-corrected chi connectivity index (χ1v) is 12.1. The minimum Gasteiger partial charge on any atom is -0.354 e. The van der Waals surface area contributed by atoms with Crippen molar-refractivity contribution >= 4 is 23.6 Å². The van der Waals surface area contributed by atoms with E-state index in [9.17, 15) is 9.59 Å². The van der Waals surface area contributed by atoms with Crippen molar-refractivity contribution in [3.8, 4) is 0 Å². The third-order valence-corrected chi connectivity index (χ3v) is 6.80. The number of fused-ring (bicyclic) bond motifs is 1. The Bertz CT molecular complexity index is 1080. The van der Waals surface area contributed by atoms with Gasteiger partial charge in [0.25, 0.3) is 5.91 Å². The molecule has 1 N–H and O–H groups in total. The number of thioether (sulfide) groups is 1. The monoisotopic (exact) mass is 444 g/mol. The molecule has 1 atom stereocenters. The zero-order chi connectivity index (χ0) is 22.3. The molecule has 0 bridgehead atoms. The average molecular weight is 445 g/mol. The number of hydrogen-bond acceptors (Lipinski definition) is 3. The van der Waals surface area contributed by atoms with Gasteiger partial charge in [0.05, 0.1) is 0 Å². The fourth-order valence-electron chi connectivity index (χ4n) is 4.01. The number of nitrogens with one attached hydrogen (secondary N) is 1. The predicted molar refractivity (Wildman–Crippen MR) is 131 cm³/mol. The zero-order valence-electron chi connectivity index (χ0n) is 18.3. The Hall–Kier alpha value is -3.05. The molecule has 0 aromatic heterocycles. The molecule has 3 aromatic rings. The van der Waals surface area contributed by atoms with E-state index in [1.807, 2.05) is 48.5 Å². The topological polar surface area (TPSA) is 49.4 Å². The van der Waals surface area contributed by atoms with Gasteiger partial charge in [-0.1, -0.05) is 78.4 Å². The molecule has 1 aliphatic heterocycles. The van der Waals surface area contributed by atoms with Crippen molar-refractivity contribution in [2.75, 3.05) is 12.3 Å². The van der Waals surface area contributed by atoms with E-state index in [2.05, 4.69) is 42.6 Å². The second kappa shape index (κ2) is 10.5. The van der Waals surface area contributed by atoms with Crippen LogP contribution < -0.4 is 5.32 Å². The molecular formula is C27H28N2O2S. The van der Waals surface area contributed by atoms with Crippen molar-refractivity contribution < 1.29 is 9.59 Å². The third-order valence-electron chi connectivity index (χ3n) is 5.71. The lowest BCUT2D eigenvalue weighted by Crippen LogP contribution is -2.49. The van der Waals surface area contributed by atoms with Crippen LogP contribution in [0.25, 0.3) is 0 Å². The van der Waals surface area contributed by atoms with Crippen LogP contribution in [0.3, 0.4) is 0 Å². The van der Waals surface area contributed by atoms with Gasteiger partial charge < -0.3 is 10.2 Å². The molecule has 164 valence electrons. The predicted octanol–water partition coefficient (Wildman–Crippen LogP) is 4.61. The summed E-state index contributed by atoms with van der Waals surface area (Å²) in [6.07, 6.45) is 0.769. The van der Waals surface area contributed by atoms with E-state index in [1.165, 1.54) is 16.7 Å². The van der Waals surface area contributed by atoms with Crippen molar-refractivity contribution in [2.45, 2.75) is 31.7 Å². The highest BCUT2D eigenvalue weighted by atomic mass is 32.2. The van der Waals surface area contributed by atoms with Gasteiger partial charge in [-0.25, -0.2) is 0 Å². The minimum absolute atomic E-state index is 0.0558. The maximum absolute atomic E-state index is 13.2. The number of benzene rings is 3. The van der Waals surface area contributed by atoms with Gasteiger partial charge in [-0.15, -0.1) is 0 Å². The molecule has 5 heteroatoms. The number of carbonyl (C=O) groups is 2. The van der Waals surface area contributed by atoms with E-state index in [-0.39, 0.29) is 11.8 Å². The summed E-state index contributed by atoms with van der Waals surface area (Å²) in [6.45, 7) is 3.10. The van der Waals surface area contributed by atoms with Crippen LogP contribution >= 0.6 is 11.8 Å². The van der Waals surface area contributed by atoms with E-state index >= 15 is 0 Å². The summed E-state index contributed by atoms with van der Waals surface area (Å²) in [5.74, 6) is 1.23. The Kier molecular flexibility index (Phi) is 7.28. The molecule has 1 heterocycles. The Morgan fingerprint density at radius 3 is 2.53 bits per heavy atom. The van der Waals surface area contributed by atoms with Crippen molar-refractivity contribution in [3.05, 3.63) is 107 Å². The largest absolute Gasteiger partial charge is 0.354 e. The number of rotatable bonds is 9. The first kappa shape index (κ1) is 22.2. The molecule has 0 fully saturated rings. The Labute approximate surface area is 194 Å². The van der Waals surface area contributed by atoms with E-state index < -0.39 is 6.04 Å². The number of hydrogen-bond donors (Lipinski definition) is 1. The normalized spacial score (nSPS) is 13.7. The highest BCUT2D eigenvalue weighted by Gasteiger charge is 2.35. The van der Waals surface area contributed by atoms with Crippen molar-refractivity contribution in [1.29, 1.82) is 0 Å². The van der Waals surface area contributed by atoms with Crippen LogP contribution in [0.15, 0.2) is 78.9 Å². The SMILES string of the molecule is Cc1cccc(CCNC(=O)C(CSCc2ccccc2)N2Cc3ccccc3C2=O)c1. The maximum atomic E-state index is 13.2. The lowest BCUT2D eigenvalue weighted by atomic mass is 10.1. The number of carbonyl (C=O) groups excluding carboxylic acids is 2. The minimum atomic E-state index is -0.499. The van der Waals surface area contributed by atoms with Gasteiger partial charge in [-0.05, 0) is 36.1 Å². The Morgan fingerprint density at radius 1 is 1.00 bits per heavy atom. The van der Waals surface area contributed by atoms with E-state index in [0.717, 1.165) is 17.7 Å². The molecule has 0 spiro atoms. The Morgan fingerprint density at radius 2 is 1.75 bits per heavy atom. The molecule has 4 rings (SSSR count). The summed E-state index contributed by atoms with van der Waals surface area (Å²) in [6, 6.07) is 25.7. The van der Waals surface area contributed by atoms with Crippen molar-refractivity contribution in [1.82, 2.24) is 10.2 Å². The second-order valence-corrected chi connectivity index (χ2v) is 9.17. The van der Waals surface area contributed by atoms with Crippen LogP contribution in [0.1, 0.15) is 32.6 Å². The molecule has 0 aliphatic carbocycles. The smallest absolute Gasteiger partial charge is 0.255 e. The van der Waals surface area contributed by atoms with Crippen LogP contribution in [0, 0.1) is 6.92 Å². The molecule has 0 radical (unpaired) electrons. The van der Waals surface area contributed by atoms with Gasteiger partial charge in [-0.2, -0.15) is 11.8 Å². The first-order chi connectivity index (χ1) is 15.6. The molecule has 1 unspecified atom stereocenters. The molecule has 3 aromatic carbocycles. The summed E-state index contributed by atoms with van der Waals surface area (Å²) in [4.78, 5) is 28.0. The summed E-state index contributed by atoms with van der Waals surface area (Å²) in [5, 5.41) is 3.08. The summed E-state index contributed by atoms with van der Waals surface area (Å²) in [7, 11) is 0.